The van der Waals surface area contributed by atoms with Gasteiger partial charge in [-0.05, 0) is 47.2 Å². The molecule has 7 heteroatoms. The molecule has 0 saturated heterocycles. The number of pyridine rings is 1. The number of aromatic carboxylic acids is 1. The fourth-order valence-corrected chi connectivity index (χ4v) is 4.11. The third-order valence-corrected chi connectivity index (χ3v) is 5.98. The lowest BCUT2D eigenvalue weighted by atomic mass is 9.94. The number of benzene rings is 2. The molecule has 0 amide bonds. The van der Waals surface area contributed by atoms with Gasteiger partial charge in [-0.25, -0.2) is 9.18 Å². The molecular formula is C24H25ClFNO4. The highest BCUT2D eigenvalue weighted by Crippen LogP contribution is 2.28. The second-order valence-electron chi connectivity index (χ2n) is 7.96. The number of carboxylic acid groups (broad SMARTS) is 1. The average Bonchev–Trinajstić information content (AvgIpc) is 2.72. The first-order valence-electron chi connectivity index (χ1n) is 10.2. The number of aliphatic hydroxyl groups is 1. The molecule has 3 rings (SSSR count). The van der Waals surface area contributed by atoms with Gasteiger partial charge in [-0.15, -0.1) is 0 Å². The van der Waals surface area contributed by atoms with E-state index in [1.165, 1.54) is 12.3 Å². The first-order chi connectivity index (χ1) is 14.7. The Morgan fingerprint density at radius 2 is 1.90 bits per heavy atom. The van der Waals surface area contributed by atoms with Crippen LogP contribution in [0.15, 0.2) is 41.3 Å². The zero-order chi connectivity index (χ0) is 22.9. The number of rotatable bonds is 7. The summed E-state index contributed by atoms with van der Waals surface area (Å²) in [4.78, 5) is 24.7. The van der Waals surface area contributed by atoms with Gasteiger partial charge < -0.3 is 14.8 Å². The average molecular weight is 446 g/mol. The lowest BCUT2D eigenvalue weighted by Gasteiger charge is -2.25. The van der Waals surface area contributed by atoms with Gasteiger partial charge in [0, 0.05) is 18.0 Å². The van der Waals surface area contributed by atoms with E-state index in [1.807, 2.05) is 26.8 Å². The summed E-state index contributed by atoms with van der Waals surface area (Å²) in [6.45, 7) is 5.59. The highest BCUT2D eigenvalue weighted by atomic mass is 35.5. The van der Waals surface area contributed by atoms with Crippen molar-refractivity contribution in [2.24, 2.45) is 5.92 Å². The third-order valence-electron chi connectivity index (χ3n) is 5.69. The van der Waals surface area contributed by atoms with E-state index in [0.29, 0.717) is 17.5 Å². The van der Waals surface area contributed by atoms with Gasteiger partial charge in [-0.1, -0.05) is 44.5 Å². The number of carboxylic acids is 1. The smallest absolute Gasteiger partial charge is 0.341 e. The molecule has 0 aliphatic carbocycles. The molecule has 0 aliphatic heterocycles. The van der Waals surface area contributed by atoms with Gasteiger partial charge in [0.15, 0.2) is 0 Å². The number of halogens is 2. The Hall–Kier alpha value is -2.70. The summed E-state index contributed by atoms with van der Waals surface area (Å²) in [7, 11) is 0. The van der Waals surface area contributed by atoms with Gasteiger partial charge in [0.1, 0.15) is 11.4 Å². The van der Waals surface area contributed by atoms with Crippen LogP contribution in [-0.4, -0.2) is 27.4 Å². The van der Waals surface area contributed by atoms with E-state index in [2.05, 4.69) is 0 Å². The van der Waals surface area contributed by atoms with E-state index in [9.17, 15) is 24.2 Å². The van der Waals surface area contributed by atoms with Crippen molar-refractivity contribution in [1.29, 1.82) is 0 Å². The number of aromatic nitrogens is 1. The standard InChI is InChI=1S/C24H25ClFNO4/c1-4-14-10-20-17(9-16(14)8-15-6-5-7-19(25)22(15)26)23(29)18(24(30)31)11-27(20)21(12-28)13(2)3/h5-7,9-11,13,21,28H,4,8,12H2,1-3H3,(H,30,31). The van der Waals surface area contributed by atoms with Crippen LogP contribution in [0.1, 0.15) is 53.9 Å². The van der Waals surface area contributed by atoms with Crippen LogP contribution in [0, 0.1) is 11.7 Å². The number of aliphatic hydroxyl groups excluding tert-OH is 1. The largest absolute Gasteiger partial charge is 0.477 e. The molecule has 5 nitrogen and oxygen atoms in total. The Kier molecular flexibility index (Phi) is 6.82. The number of hydrogen-bond donors (Lipinski definition) is 2. The third kappa shape index (κ3) is 4.36. The van der Waals surface area contributed by atoms with Crippen molar-refractivity contribution >= 4 is 28.5 Å². The normalized spacial score (nSPS) is 12.5. The molecule has 0 fully saturated rings. The lowest BCUT2D eigenvalue weighted by Crippen LogP contribution is -2.25. The fraction of sp³-hybridized carbons (Fsp3) is 0.333. The molecule has 0 aliphatic rings. The molecule has 1 heterocycles. The van der Waals surface area contributed by atoms with Crippen LogP contribution >= 0.6 is 11.6 Å². The zero-order valence-electron chi connectivity index (χ0n) is 17.7. The van der Waals surface area contributed by atoms with E-state index < -0.39 is 23.3 Å². The fourth-order valence-electron chi connectivity index (χ4n) is 3.91. The second kappa shape index (κ2) is 9.20. The minimum absolute atomic E-state index is 0.00246. The van der Waals surface area contributed by atoms with Crippen LogP contribution in [0.2, 0.25) is 5.02 Å². The van der Waals surface area contributed by atoms with Gasteiger partial charge >= 0.3 is 5.97 Å². The number of carbonyl (C=O) groups is 1. The maximum atomic E-state index is 14.5. The van der Waals surface area contributed by atoms with Crippen molar-refractivity contribution in [3.05, 3.63) is 79.8 Å². The Balaban J connectivity index is 2.32. The number of nitrogens with zero attached hydrogens (tertiary/aromatic N) is 1. The van der Waals surface area contributed by atoms with Crippen molar-refractivity contribution in [2.75, 3.05) is 6.61 Å². The monoisotopic (exact) mass is 445 g/mol. The summed E-state index contributed by atoms with van der Waals surface area (Å²) in [6, 6.07) is 7.86. The predicted octanol–water partition coefficient (Wildman–Crippen LogP) is 4.83. The van der Waals surface area contributed by atoms with E-state index in [4.69, 9.17) is 11.6 Å². The molecule has 0 radical (unpaired) electrons. The molecule has 2 aromatic carbocycles. The van der Waals surface area contributed by atoms with Crippen LogP contribution in [0.3, 0.4) is 0 Å². The lowest BCUT2D eigenvalue weighted by molar-refractivity contribution is 0.0694. The van der Waals surface area contributed by atoms with Crippen LogP contribution in [0.25, 0.3) is 10.9 Å². The van der Waals surface area contributed by atoms with Gasteiger partial charge in [-0.3, -0.25) is 4.79 Å². The molecule has 1 unspecified atom stereocenters. The Morgan fingerprint density at radius 1 is 1.19 bits per heavy atom. The summed E-state index contributed by atoms with van der Waals surface area (Å²) in [5, 5.41) is 19.8. The van der Waals surface area contributed by atoms with E-state index in [0.717, 1.165) is 11.1 Å². The van der Waals surface area contributed by atoms with Crippen molar-refractivity contribution in [1.82, 2.24) is 4.57 Å². The van der Waals surface area contributed by atoms with E-state index >= 15 is 0 Å². The van der Waals surface area contributed by atoms with Crippen LogP contribution < -0.4 is 5.43 Å². The molecule has 0 saturated carbocycles. The minimum Gasteiger partial charge on any atom is -0.477 e. The van der Waals surface area contributed by atoms with Crippen molar-refractivity contribution < 1.29 is 19.4 Å². The highest BCUT2D eigenvalue weighted by Gasteiger charge is 2.22. The maximum absolute atomic E-state index is 14.5. The highest BCUT2D eigenvalue weighted by molar-refractivity contribution is 6.30. The Morgan fingerprint density at radius 3 is 2.48 bits per heavy atom. The van der Waals surface area contributed by atoms with E-state index in [1.54, 1.807) is 22.8 Å². The van der Waals surface area contributed by atoms with Crippen LogP contribution in [-0.2, 0) is 12.8 Å². The molecule has 0 bridgehead atoms. The molecule has 3 aromatic rings. The minimum atomic E-state index is -1.33. The van der Waals surface area contributed by atoms with Gasteiger partial charge in [0.05, 0.1) is 23.2 Å². The van der Waals surface area contributed by atoms with Gasteiger partial charge in [-0.2, -0.15) is 0 Å². The van der Waals surface area contributed by atoms with E-state index in [-0.39, 0.29) is 34.9 Å². The molecule has 2 N–H and O–H groups in total. The summed E-state index contributed by atoms with van der Waals surface area (Å²) >= 11 is 5.91. The molecule has 164 valence electrons. The van der Waals surface area contributed by atoms with Crippen LogP contribution in [0.5, 0.6) is 0 Å². The number of fused-ring (bicyclic) bond motifs is 1. The second-order valence-corrected chi connectivity index (χ2v) is 8.37. The Bertz CT molecular complexity index is 1200. The molecule has 0 spiro atoms. The topological polar surface area (TPSA) is 79.5 Å². The molecule has 1 atom stereocenters. The first kappa shape index (κ1) is 23.0. The van der Waals surface area contributed by atoms with Gasteiger partial charge in [0.25, 0.3) is 0 Å². The number of aryl methyl sites for hydroxylation is 1. The van der Waals surface area contributed by atoms with Crippen molar-refractivity contribution in [2.45, 2.75) is 39.7 Å². The molecule has 1 aromatic heterocycles. The first-order valence-corrected chi connectivity index (χ1v) is 10.5. The van der Waals surface area contributed by atoms with Crippen molar-refractivity contribution in [3.8, 4) is 0 Å². The summed E-state index contributed by atoms with van der Waals surface area (Å²) in [5.41, 5.74) is 1.61. The number of hydrogen-bond acceptors (Lipinski definition) is 3. The maximum Gasteiger partial charge on any atom is 0.341 e. The quantitative estimate of drug-likeness (QED) is 0.545. The zero-order valence-corrected chi connectivity index (χ0v) is 18.4. The van der Waals surface area contributed by atoms with Crippen molar-refractivity contribution in [3.63, 3.8) is 0 Å². The summed E-state index contributed by atoms with van der Waals surface area (Å²) in [5.74, 6) is -1.84. The van der Waals surface area contributed by atoms with Gasteiger partial charge in [0.2, 0.25) is 5.43 Å². The molecular weight excluding hydrogens is 421 g/mol. The Labute approximate surface area is 184 Å². The summed E-state index contributed by atoms with van der Waals surface area (Å²) < 4.78 is 16.2. The predicted molar refractivity (Wildman–Crippen MR) is 120 cm³/mol. The van der Waals surface area contributed by atoms with Crippen LogP contribution in [0.4, 0.5) is 4.39 Å². The summed E-state index contributed by atoms with van der Waals surface area (Å²) in [6.07, 6.45) is 2.16. The SMILES string of the molecule is CCc1cc2c(cc1Cc1cccc(Cl)c1F)c(=O)c(C(=O)O)cn2C(CO)C(C)C. The molecule has 31 heavy (non-hydrogen) atoms.